The summed E-state index contributed by atoms with van der Waals surface area (Å²) in [6.07, 6.45) is 3.64. The van der Waals surface area contributed by atoms with Gasteiger partial charge in [0, 0.05) is 44.8 Å². The Balaban J connectivity index is 1.71. The van der Waals surface area contributed by atoms with Crippen molar-refractivity contribution in [3.8, 4) is 0 Å². The summed E-state index contributed by atoms with van der Waals surface area (Å²) in [7, 11) is 4.09. The van der Waals surface area contributed by atoms with Crippen LogP contribution in [-0.4, -0.2) is 77.3 Å². The van der Waals surface area contributed by atoms with E-state index in [0.717, 1.165) is 32.5 Å². The van der Waals surface area contributed by atoms with Gasteiger partial charge in [-0.2, -0.15) is 0 Å². The molecule has 0 bridgehead atoms. The van der Waals surface area contributed by atoms with E-state index in [9.17, 15) is 9.59 Å². The zero-order chi connectivity index (χ0) is 16.6. The van der Waals surface area contributed by atoms with Crippen LogP contribution in [0.15, 0.2) is 18.3 Å². The predicted molar refractivity (Wildman–Crippen MR) is 88.1 cm³/mol. The molecule has 1 aromatic rings. The highest BCUT2D eigenvalue weighted by molar-refractivity contribution is 5.92. The van der Waals surface area contributed by atoms with Crippen LogP contribution in [0.5, 0.6) is 0 Å². The lowest BCUT2D eigenvalue weighted by atomic mass is 9.92. The molecule has 0 saturated carbocycles. The Morgan fingerprint density at radius 3 is 2.78 bits per heavy atom. The fourth-order valence-electron chi connectivity index (χ4n) is 4.24. The van der Waals surface area contributed by atoms with Crippen molar-refractivity contribution in [3.05, 3.63) is 24.0 Å². The Labute approximate surface area is 137 Å². The van der Waals surface area contributed by atoms with Crippen LogP contribution in [0.25, 0.3) is 0 Å². The van der Waals surface area contributed by atoms with Crippen LogP contribution in [-0.2, 0) is 4.79 Å². The number of hydrogen-bond donors (Lipinski definition) is 1. The molecule has 6 heteroatoms. The molecule has 23 heavy (non-hydrogen) atoms. The van der Waals surface area contributed by atoms with Crippen LogP contribution < -0.4 is 0 Å². The van der Waals surface area contributed by atoms with Gasteiger partial charge in [-0.25, -0.2) is 0 Å². The second-order valence-corrected chi connectivity index (χ2v) is 7.03. The van der Waals surface area contributed by atoms with E-state index in [1.807, 2.05) is 31.1 Å². The summed E-state index contributed by atoms with van der Waals surface area (Å²) in [5.41, 5.74) is 0.648. The Hall–Kier alpha value is -1.82. The Morgan fingerprint density at radius 2 is 2.17 bits per heavy atom. The van der Waals surface area contributed by atoms with Crippen molar-refractivity contribution in [1.29, 1.82) is 0 Å². The number of nitrogens with zero attached hydrogens (tertiary/aromatic N) is 3. The molecular formula is C17H26N4O2. The van der Waals surface area contributed by atoms with E-state index in [2.05, 4.69) is 14.8 Å². The predicted octanol–water partition coefficient (Wildman–Crippen LogP) is 1.03. The average molecular weight is 318 g/mol. The smallest absolute Gasteiger partial charge is 0.270 e. The maximum absolute atomic E-state index is 12.5. The molecule has 126 valence electrons. The highest BCUT2D eigenvalue weighted by Crippen LogP contribution is 2.36. The summed E-state index contributed by atoms with van der Waals surface area (Å²) >= 11 is 0. The lowest BCUT2D eigenvalue weighted by molar-refractivity contribution is -0.132. The van der Waals surface area contributed by atoms with Crippen molar-refractivity contribution in [2.45, 2.75) is 31.8 Å². The lowest BCUT2D eigenvalue weighted by Crippen LogP contribution is -2.50. The number of nitrogens with one attached hydrogen (secondary N) is 1. The SMILES string of the molecule is CC(=O)N1[C@H](CN(C)C)C[C@@H]2CN(C(=O)c3ccc[nH]3)CC[C@@H]21. The van der Waals surface area contributed by atoms with E-state index in [0.29, 0.717) is 11.6 Å². The molecule has 1 N–H and O–H groups in total. The van der Waals surface area contributed by atoms with E-state index >= 15 is 0 Å². The topological polar surface area (TPSA) is 59.7 Å². The largest absolute Gasteiger partial charge is 0.357 e. The number of carbonyl (C=O) groups is 2. The number of likely N-dealkylation sites (tertiary alicyclic amines) is 2. The van der Waals surface area contributed by atoms with E-state index in [1.165, 1.54) is 0 Å². The van der Waals surface area contributed by atoms with Crippen LogP contribution in [0.4, 0.5) is 0 Å². The van der Waals surface area contributed by atoms with Crippen molar-refractivity contribution < 1.29 is 9.59 Å². The third-order valence-corrected chi connectivity index (χ3v) is 5.07. The molecule has 0 radical (unpaired) electrons. The number of aromatic nitrogens is 1. The van der Waals surface area contributed by atoms with Crippen molar-refractivity contribution in [2.24, 2.45) is 5.92 Å². The monoisotopic (exact) mass is 318 g/mol. The summed E-state index contributed by atoms with van der Waals surface area (Å²) in [4.78, 5) is 33.8. The van der Waals surface area contributed by atoms with Gasteiger partial charge in [-0.3, -0.25) is 9.59 Å². The molecule has 0 aromatic carbocycles. The van der Waals surface area contributed by atoms with Crippen LogP contribution >= 0.6 is 0 Å². The summed E-state index contributed by atoms with van der Waals surface area (Å²) < 4.78 is 0. The van der Waals surface area contributed by atoms with Gasteiger partial charge in [-0.1, -0.05) is 0 Å². The number of piperidine rings is 1. The van der Waals surface area contributed by atoms with Gasteiger partial charge in [-0.15, -0.1) is 0 Å². The molecule has 2 aliphatic rings. The van der Waals surface area contributed by atoms with Crippen molar-refractivity contribution in [2.75, 3.05) is 33.7 Å². The second kappa shape index (κ2) is 6.35. The molecular weight excluding hydrogens is 292 g/mol. The maximum atomic E-state index is 12.5. The third-order valence-electron chi connectivity index (χ3n) is 5.07. The van der Waals surface area contributed by atoms with Crippen LogP contribution in [0, 0.1) is 5.92 Å². The summed E-state index contributed by atoms with van der Waals surface area (Å²) in [6, 6.07) is 4.21. The van der Waals surface area contributed by atoms with Gasteiger partial charge in [0.2, 0.25) is 5.91 Å². The van der Waals surface area contributed by atoms with Gasteiger partial charge in [-0.05, 0) is 45.0 Å². The van der Waals surface area contributed by atoms with Gasteiger partial charge < -0.3 is 19.7 Å². The van der Waals surface area contributed by atoms with Crippen LogP contribution in [0.1, 0.15) is 30.3 Å². The summed E-state index contributed by atoms with van der Waals surface area (Å²) in [5, 5.41) is 0. The number of aromatic amines is 1. The number of rotatable bonds is 3. The Morgan fingerprint density at radius 1 is 1.39 bits per heavy atom. The second-order valence-electron chi connectivity index (χ2n) is 7.03. The standard InChI is InChI=1S/C17H26N4O2/c1-12(22)21-14(11-19(2)3)9-13-10-20(8-6-16(13)21)17(23)15-5-4-7-18-15/h4-5,7,13-14,16,18H,6,8-11H2,1-3H3/t13-,14+,16+/m1/s1. The first-order valence-electron chi connectivity index (χ1n) is 8.33. The van der Waals surface area contributed by atoms with Gasteiger partial charge in [0.25, 0.3) is 5.91 Å². The number of carbonyl (C=O) groups excluding carboxylic acids is 2. The minimum atomic E-state index is 0.0684. The molecule has 2 amide bonds. The molecule has 0 unspecified atom stereocenters. The van der Waals surface area contributed by atoms with Crippen LogP contribution in [0.2, 0.25) is 0 Å². The highest BCUT2D eigenvalue weighted by atomic mass is 16.2. The summed E-state index contributed by atoms with van der Waals surface area (Å²) in [6.45, 7) is 4.02. The van der Waals surface area contributed by atoms with Gasteiger partial charge >= 0.3 is 0 Å². The van der Waals surface area contributed by atoms with Crippen molar-refractivity contribution in [3.63, 3.8) is 0 Å². The Kier molecular flexibility index (Phi) is 4.43. The first-order chi connectivity index (χ1) is 11.0. The normalized spacial score (nSPS) is 27.4. The summed E-state index contributed by atoms with van der Waals surface area (Å²) in [5.74, 6) is 0.615. The number of likely N-dealkylation sites (N-methyl/N-ethyl adjacent to an activating group) is 1. The minimum Gasteiger partial charge on any atom is -0.357 e. The molecule has 3 heterocycles. The minimum absolute atomic E-state index is 0.0684. The van der Waals surface area contributed by atoms with Crippen molar-refractivity contribution in [1.82, 2.24) is 19.7 Å². The average Bonchev–Trinajstić information content (AvgIpc) is 3.12. The van der Waals surface area contributed by atoms with Crippen LogP contribution in [0.3, 0.4) is 0 Å². The molecule has 3 atom stereocenters. The van der Waals surface area contributed by atoms with Gasteiger partial charge in [0.05, 0.1) is 0 Å². The van der Waals surface area contributed by atoms with E-state index < -0.39 is 0 Å². The number of H-pyrrole nitrogens is 1. The highest BCUT2D eigenvalue weighted by Gasteiger charge is 2.45. The molecule has 3 rings (SSSR count). The molecule has 2 fully saturated rings. The molecule has 1 aromatic heterocycles. The van der Waals surface area contributed by atoms with Gasteiger partial charge in [0.1, 0.15) is 5.69 Å². The van der Waals surface area contributed by atoms with Crippen molar-refractivity contribution >= 4 is 11.8 Å². The zero-order valence-corrected chi connectivity index (χ0v) is 14.2. The molecule has 0 spiro atoms. The van der Waals surface area contributed by atoms with E-state index in [1.54, 1.807) is 13.1 Å². The third kappa shape index (κ3) is 3.13. The molecule has 2 aliphatic heterocycles. The maximum Gasteiger partial charge on any atom is 0.270 e. The Bertz CT molecular complexity index is 569. The fourth-order valence-corrected chi connectivity index (χ4v) is 4.24. The quantitative estimate of drug-likeness (QED) is 0.905. The molecule has 0 aliphatic carbocycles. The van der Waals surface area contributed by atoms with E-state index in [4.69, 9.17) is 0 Å². The number of amides is 2. The molecule has 2 saturated heterocycles. The lowest BCUT2D eigenvalue weighted by Gasteiger charge is -2.38. The van der Waals surface area contributed by atoms with E-state index in [-0.39, 0.29) is 23.9 Å². The number of hydrogen-bond acceptors (Lipinski definition) is 3. The number of fused-ring (bicyclic) bond motifs is 1. The first kappa shape index (κ1) is 16.1. The zero-order valence-electron chi connectivity index (χ0n) is 14.2. The molecule has 6 nitrogen and oxygen atoms in total. The van der Waals surface area contributed by atoms with Gasteiger partial charge in [0.15, 0.2) is 0 Å². The fraction of sp³-hybridized carbons (Fsp3) is 0.647. The first-order valence-corrected chi connectivity index (χ1v) is 8.33.